The lowest BCUT2D eigenvalue weighted by Crippen LogP contribution is -2.06. The van der Waals surface area contributed by atoms with Gasteiger partial charge in [0, 0.05) is 16.2 Å². The molecule has 0 atom stereocenters. The Morgan fingerprint density at radius 3 is 2.81 bits per heavy atom. The minimum atomic E-state index is -0.315. The Hall–Kier alpha value is -1.46. The molecule has 0 spiro atoms. The van der Waals surface area contributed by atoms with Crippen molar-refractivity contribution in [1.82, 2.24) is 4.98 Å². The van der Waals surface area contributed by atoms with Crippen molar-refractivity contribution < 1.29 is 4.39 Å². The molecule has 5 heteroatoms. The molecule has 0 saturated carbocycles. The molecule has 0 aliphatic heterocycles. The van der Waals surface area contributed by atoms with Gasteiger partial charge in [-0.1, -0.05) is 15.9 Å². The van der Waals surface area contributed by atoms with E-state index in [-0.39, 0.29) is 5.82 Å². The molecule has 1 aromatic heterocycles. The number of halogens is 2. The Bertz CT molecular complexity index is 516. The van der Waals surface area contributed by atoms with Gasteiger partial charge in [-0.25, -0.2) is 4.39 Å². The van der Waals surface area contributed by atoms with Gasteiger partial charge in [-0.3, -0.25) is 10.8 Å². The van der Waals surface area contributed by atoms with Crippen LogP contribution < -0.4 is 11.3 Å². The molecule has 0 unspecified atom stereocenters. The molecule has 0 aliphatic rings. The first-order valence-corrected chi connectivity index (χ1v) is 5.38. The Morgan fingerprint density at radius 1 is 1.25 bits per heavy atom. The van der Waals surface area contributed by atoms with Crippen molar-refractivity contribution in [1.29, 1.82) is 0 Å². The van der Waals surface area contributed by atoms with Gasteiger partial charge in [-0.2, -0.15) is 0 Å². The number of nitrogens with zero attached hydrogens (tertiary/aromatic N) is 1. The first-order valence-electron chi connectivity index (χ1n) is 4.59. The Balaban J connectivity index is 2.53. The topological polar surface area (TPSA) is 50.9 Å². The third kappa shape index (κ3) is 2.20. The fourth-order valence-corrected chi connectivity index (χ4v) is 1.72. The van der Waals surface area contributed by atoms with Crippen LogP contribution in [0.3, 0.4) is 0 Å². The van der Waals surface area contributed by atoms with Crippen LogP contribution in [0, 0.1) is 5.82 Å². The van der Waals surface area contributed by atoms with E-state index in [2.05, 4.69) is 26.3 Å². The number of hydrogen-bond donors (Lipinski definition) is 2. The van der Waals surface area contributed by atoms with Crippen LogP contribution in [0.1, 0.15) is 0 Å². The summed E-state index contributed by atoms with van der Waals surface area (Å²) >= 11 is 3.29. The minimum absolute atomic E-state index is 0.315. The van der Waals surface area contributed by atoms with Crippen LogP contribution in [0.25, 0.3) is 11.3 Å². The maximum Gasteiger partial charge on any atom is 0.132 e. The molecule has 3 nitrogen and oxygen atoms in total. The van der Waals surface area contributed by atoms with Gasteiger partial charge < -0.3 is 5.43 Å². The first-order chi connectivity index (χ1) is 7.70. The van der Waals surface area contributed by atoms with Gasteiger partial charge in [0.1, 0.15) is 5.82 Å². The maximum atomic E-state index is 13.6. The lowest BCUT2D eigenvalue weighted by atomic mass is 10.1. The van der Waals surface area contributed by atoms with Gasteiger partial charge in [-0.15, -0.1) is 0 Å². The lowest BCUT2D eigenvalue weighted by molar-refractivity contribution is 0.630. The van der Waals surface area contributed by atoms with Gasteiger partial charge >= 0.3 is 0 Å². The van der Waals surface area contributed by atoms with E-state index >= 15 is 0 Å². The number of pyridine rings is 1. The highest BCUT2D eigenvalue weighted by molar-refractivity contribution is 9.10. The van der Waals surface area contributed by atoms with Crippen molar-refractivity contribution in [2.45, 2.75) is 0 Å². The first kappa shape index (κ1) is 11.0. The molecule has 0 amide bonds. The summed E-state index contributed by atoms with van der Waals surface area (Å²) < 4.78 is 14.4. The minimum Gasteiger partial charge on any atom is -0.324 e. The number of nitrogens with two attached hydrogens (primary N) is 1. The predicted octanol–water partition coefficient (Wildman–Crippen LogP) is 2.94. The summed E-state index contributed by atoms with van der Waals surface area (Å²) in [5.74, 6) is 4.97. The molecule has 2 aromatic rings. The van der Waals surface area contributed by atoms with Crippen LogP contribution >= 0.6 is 15.9 Å². The summed E-state index contributed by atoms with van der Waals surface area (Å²) in [7, 11) is 0. The van der Waals surface area contributed by atoms with E-state index in [9.17, 15) is 4.39 Å². The van der Waals surface area contributed by atoms with Gasteiger partial charge in [-0.05, 0) is 30.3 Å². The van der Waals surface area contributed by atoms with Crippen LogP contribution in [-0.2, 0) is 0 Å². The van der Waals surface area contributed by atoms with Crippen molar-refractivity contribution in [2.24, 2.45) is 5.84 Å². The van der Waals surface area contributed by atoms with Crippen molar-refractivity contribution >= 4 is 21.6 Å². The summed E-state index contributed by atoms with van der Waals surface area (Å²) in [5.41, 5.74) is 4.15. The summed E-state index contributed by atoms with van der Waals surface area (Å²) in [6, 6.07) is 8.11. The summed E-state index contributed by atoms with van der Waals surface area (Å²) in [5, 5.41) is 0. The summed E-state index contributed by atoms with van der Waals surface area (Å²) in [4.78, 5) is 4.10. The second-order valence-corrected chi connectivity index (χ2v) is 4.11. The van der Waals surface area contributed by atoms with E-state index < -0.39 is 0 Å². The SMILES string of the molecule is NNc1ccnc(-c2cc(Br)ccc2F)c1. The van der Waals surface area contributed by atoms with Crippen LogP contribution in [0.15, 0.2) is 41.0 Å². The third-order valence-corrected chi connectivity index (χ3v) is 2.62. The molecule has 1 aromatic carbocycles. The molecule has 0 radical (unpaired) electrons. The second kappa shape index (κ2) is 4.59. The Labute approximate surface area is 101 Å². The van der Waals surface area contributed by atoms with E-state index in [0.29, 0.717) is 16.9 Å². The van der Waals surface area contributed by atoms with Gasteiger partial charge in [0.15, 0.2) is 0 Å². The quantitative estimate of drug-likeness (QED) is 0.657. The standard InChI is InChI=1S/C11H9BrFN3/c12-7-1-2-10(13)9(5-7)11-6-8(16-14)3-4-15-11/h1-6H,14H2,(H,15,16). The Kier molecular flexibility index (Phi) is 3.17. The zero-order chi connectivity index (χ0) is 11.5. The average Bonchev–Trinajstić information content (AvgIpc) is 2.32. The van der Waals surface area contributed by atoms with Gasteiger partial charge in [0.25, 0.3) is 0 Å². The van der Waals surface area contributed by atoms with Gasteiger partial charge in [0.05, 0.1) is 11.4 Å². The number of nitrogens with one attached hydrogen (secondary N) is 1. The summed E-state index contributed by atoms with van der Waals surface area (Å²) in [6.45, 7) is 0. The van der Waals surface area contributed by atoms with Crippen LogP contribution in [0.5, 0.6) is 0 Å². The number of benzene rings is 1. The number of hydrazine groups is 1. The normalized spacial score (nSPS) is 10.2. The number of hydrogen-bond acceptors (Lipinski definition) is 3. The zero-order valence-corrected chi connectivity index (χ0v) is 9.83. The van der Waals surface area contributed by atoms with Crippen molar-refractivity contribution in [2.75, 3.05) is 5.43 Å². The van der Waals surface area contributed by atoms with Crippen molar-refractivity contribution in [3.63, 3.8) is 0 Å². The highest BCUT2D eigenvalue weighted by Crippen LogP contribution is 2.25. The number of rotatable bonds is 2. The van der Waals surface area contributed by atoms with Crippen molar-refractivity contribution in [3.05, 3.63) is 46.8 Å². The smallest absolute Gasteiger partial charge is 0.132 e. The fourth-order valence-electron chi connectivity index (χ4n) is 1.36. The molecular formula is C11H9BrFN3. The second-order valence-electron chi connectivity index (χ2n) is 3.20. The molecular weight excluding hydrogens is 273 g/mol. The van der Waals surface area contributed by atoms with E-state index in [0.717, 1.165) is 4.47 Å². The maximum absolute atomic E-state index is 13.6. The number of nitrogen functional groups attached to an aromatic ring is 1. The molecule has 16 heavy (non-hydrogen) atoms. The molecule has 2 rings (SSSR count). The molecule has 3 N–H and O–H groups in total. The van der Waals surface area contributed by atoms with Crippen LogP contribution in [0.4, 0.5) is 10.1 Å². The summed E-state index contributed by atoms with van der Waals surface area (Å²) in [6.07, 6.45) is 1.57. The van der Waals surface area contributed by atoms with E-state index in [1.54, 1.807) is 30.5 Å². The largest absolute Gasteiger partial charge is 0.324 e. The van der Waals surface area contributed by atoms with E-state index in [4.69, 9.17) is 5.84 Å². The molecule has 0 aliphatic carbocycles. The number of anilines is 1. The monoisotopic (exact) mass is 281 g/mol. The fraction of sp³-hybridized carbons (Fsp3) is 0. The highest BCUT2D eigenvalue weighted by Gasteiger charge is 2.07. The molecule has 82 valence electrons. The Morgan fingerprint density at radius 2 is 2.06 bits per heavy atom. The van der Waals surface area contributed by atoms with Gasteiger partial charge in [0.2, 0.25) is 0 Å². The third-order valence-electron chi connectivity index (χ3n) is 2.13. The highest BCUT2D eigenvalue weighted by atomic mass is 79.9. The van der Waals surface area contributed by atoms with E-state index in [1.807, 2.05) is 0 Å². The number of aromatic nitrogens is 1. The van der Waals surface area contributed by atoms with Crippen LogP contribution in [0.2, 0.25) is 0 Å². The molecule has 0 fully saturated rings. The average molecular weight is 282 g/mol. The zero-order valence-electron chi connectivity index (χ0n) is 8.24. The van der Waals surface area contributed by atoms with E-state index in [1.165, 1.54) is 6.07 Å². The molecule has 0 saturated heterocycles. The molecule has 0 bridgehead atoms. The van der Waals surface area contributed by atoms with Crippen LogP contribution in [-0.4, -0.2) is 4.98 Å². The predicted molar refractivity (Wildman–Crippen MR) is 65.1 cm³/mol. The lowest BCUT2D eigenvalue weighted by Gasteiger charge is -2.05. The van der Waals surface area contributed by atoms with Crippen molar-refractivity contribution in [3.8, 4) is 11.3 Å². The molecule has 1 heterocycles.